The molecule has 0 spiro atoms. The number of carbonyl (C=O) groups excluding carboxylic acids is 1. The van der Waals surface area contributed by atoms with Crippen molar-refractivity contribution >= 4 is 29.3 Å². The molecule has 1 aliphatic carbocycles. The molecule has 2 aliphatic heterocycles. The highest BCUT2D eigenvalue weighted by atomic mass is 35.5. The molecule has 1 aromatic rings. The Morgan fingerprint density at radius 2 is 1.85 bits per heavy atom. The molecule has 1 atom stereocenters. The normalized spacial score (nSPS) is 28.3. The second kappa shape index (κ2) is 8.32. The van der Waals surface area contributed by atoms with Crippen LogP contribution in [0.3, 0.4) is 0 Å². The van der Waals surface area contributed by atoms with E-state index in [0.29, 0.717) is 0 Å². The van der Waals surface area contributed by atoms with Crippen molar-refractivity contribution in [1.29, 1.82) is 0 Å². The van der Waals surface area contributed by atoms with Crippen LogP contribution in [0.2, 0.25) is 5.02 Å². The predicted molar refractivity (Wildman–Crippen MR) is 112 cm³/mol. The highest BCUT2D eigenvalue weighted by Crippen LogP contribution is 2.42. The molecule has 1 amide bonds. The zero-order chi connectivity index (χ0) is 18.7. The van der Waals surface area contributed by atoms with E-state index in [9.17, 15) is 4.79 Å². The molecule has 2 saturated heterocycles. The van der Waals surface area contributed by atoms with Gasteiger partial charge in [-0.15, -0.1) is 0 Å². The number of hydrogen-bond acceptors (Lipinski definition) is 4. The third kappa shape index (κ3) is 3.89. The summed E-state index contributed by atoms with van der Waals surface area (Å²) in [6.07, 6.45) is 5.23. The lowest BCUT2D eigenvalue weighted by molar-refractivity contribution is -0.127. The van der Waals surface area contributed by atoms with Crippen molar-refractivity contribution < 1.29 is 9.53 Å². The number of hydrogen-bond donors (Lipinski definition) is 1. The monoisotopic (exact) mass is 408 g/mol. The predicted octanol–water partition coefficient (Wildman–Crippen LogP) is 3.48. The van der Waals surface area contributed by atoms with E-state index in [1.807, 2.05) is 36.0 Å². The number of morpholine rings is 1. The van der Waals surface area contributed by atoms with Crippen LogP contribution in [0, 0.1) is 0 Å². The molecule has 1 N–H and O–H groups in total. The maximum absolute atomic E-state index is 13.4. The SMILES string of the molecule is O=C(NC[C@@]1(N2CCOCC2)CCSC1)C1(c2ccc(Cl)cc2)CCCC1. The van der Waals surface area contributed by atoms with Crippen LogP contribution in [-0.2, 0) is 14.9 Å². The van der Waals surface area contributed by atoms with Crippen molar-refractivity contribution in [3.8, 4) is 0 Å². The Kier molecular flexibility index (Phi) is 6.03. The van der Waals surface area contributed by atoms with Gasteiger partial charge in [0.1, 0.15) is 0 Å². The Morgan fingerprint density at radius 1 is 1.15 bits per heavy atom. The minimum atomic E-state index is -0.386. The maximum Gasteiger partial charge on any atom is 0.230 e. The van der Waals surface area contributed by atoms with Crippen molar-refractivity contribution in [2.75, 3.05) is 44.4 Å². The van der Waals surface area contributed by atoms with Gasteiger partial charge in [-0.1, -0.05) is 36.6 Å². The van der Waals surface area contributed by atoms with Crippen LogP contribution in [-0.4, -0.2) is 60.7 Å². The molecule has 4 nitrogen and oxygen atoms in total. The van der Waals surface area contributed by atoms with E-state index >= 15 is 0 Å². The van der Waals surface area contributed by atoms with E-state index in [2.05, 4.69) is 10.2 Å². The fourth-order valence-electron chi connectivity index (χ4n) is 4.94. The van der Waals surface area contributed by atoms with Crippen LogP contribution in [0.1, 0.15) is 37.7 Å². The largest absolute Gasteiger partial charge is 0.379 e. The second-order valence-corrected chi connectivity index (χ2v) is 9.65. The Bertz CT molecular complexity index is 649. The molecule has 4 rings (SSSR count). The van der Waals surface area contributed by atoms with Gasteiger partial charge in [0.05, 0.1) is 18.6 Å². The van der Waals surface area contributed by atoms with Crippen LogP contribution < -0.4 is 5.32 Å². The Morgan fingerprint density at radius 3 is 2.48 bits per heavy atom. The summed E-state index contributed by atoms with van der Waals surface area (Å²) in [5, 5.41) is 4.11. The first-order valence-corrected chi connectivity index (χ1v) is 11.6. The van der Waals surface area contributed by atoms with Gasteiger partial charge in [-0.3, -0.25) is 9.69 Å². The summed E-state index contributed by atoms with van der Waals surface area (Å²) in [4.78, 5) is 16.0. The summed E-state index contributed by atoms with van der Waals surface area (Å²) >= 11 is 8.08. The summed E-state index contributed by atoms with van der Waals surface area (Å²) < 4.78 is 5.55. The van der Waals surface area contributed by atoms with Crippen LogP contribution in [0.15, 0.2) is 24.3 Å². The third-order valence-corrected chi connectivity index (χ3v) is 8.12. The zero-order valence-electron chi connectivity index (χ0n) is 15.8. The lowest BCUT2D eigenvalue weighted by Crippen LogP contribution is -2.60. The van der Waals surface area contributed by atoms with Gasteiger partial charge < -0.3 is 10.1 Å². The van der Waals surface area contributed by atoms with Gasteiger partial charge in [-0.2, -0.15) is 11.8 Å². The van der Waals surface area contributed by atoms with E-state index in [1.54, 1.807) is 0 Å². The molecule has 1 saturated carbocycles. The van der Waals surface area contributed by atoms with Crippen LogP contribution in [0.5, 0.6) is 0 Å². The molecule has 27 heavy (non-hydrogen) atoms. The number of thioether (sulfide) groups is 1. The van der Waals surface area contributed by atoms with Gasteiger partial charge in [0.15, 0.2) is 0 Å². The number of benzene rings is 1. The van der Waals surface area contributed by atoms with Gasteiger partial charge >= 0.3 is 0 Å². The lowest BCUT2D eigenvalue weighted by atomic mass is 9.77. The Balaban J connectivity index is 1.50. The quantitative estimate of drug-likeness (QED) is 0.809. The fraction of sp³-hybridized carbons (Fsp3) is 0.667. The molecule has 0 unspecified atom stereocenters. The summed E-state index contributed by atoms with van der Waals surface area (Å²) in [5.41, 5.74) is 0.815. The second-order valence-electron chi connectivity index (χ2n) is 8.11. The average Bonchev–Trinajstić information content (AvgIpc) is 3.39. The van der Waals surface area contributed by atoms with Crippen molar-refractivity contribution in [2.24, 2.45) is 0 Å². The highest BCUT2D eigenvalue weighted by Gasteiger charge is 2.45. The van der Waals surface area contributed by atoms with Gasteiger partial charge in [-0.25, -0.2) is 0 Å². The van der Waals surface area contributed by atoms with Gasteiger partial charge in [0, 0.05) is 35.9 Å². The van der Waals surface area contributed by atoms with E-state index in [-0.39, 0.29) is 16.9 Å². The minimum absolute atomic E-state index is 0.0872. The first-order chi connectivity index (χ1) is 13.1. The third-order valence-electron chi connectivity index (χ3n) is 6.63. The van der Waals surface area contributed by atoms with Crippen LogP contribution >= 0.6 is 23.4 Å². The topological polar surface area (TPSA) is 41.6 Å². The molecule has 1 aromatic carbocycles. The molecule has 0 bridgehead atoms. The van der Waals surface area contributed by atoms with Crippen LogP contribution in [0.25, 0.3) is 0 Å². The number of ether oxygens (including phenoxy) is 1. The maximum atomic E-state index is 13.4. The van der Waals surface area contributed by atoms with Gasteiger partial charge in [0.25, 0.3) is 0 Å². The van der Waals surface area contributed by atoms with Gasteiger partial charge in [-0.05, 0) is 42.7 Å². The molecule has 6 heteroatoms. The molecule has 2 heterocycles. The molecule has 0 aromatic heterocycles. The number of carbonyl (C=O) groups is 1. The number of amides is 1. The van der Waals surface area contributed by atoms with E-state index in [4.69, 9.17) is 16.3 Å². The molecule has 3 fully saturated rings. The molecule has 148 valence electrons. The van der Waals surface area contributed by atoms with Crippen molar-refractivity contribution in [3.05, 3.63) is 34.9 Å². The summed E-state index contributed by atoms with van der Waals surface area (Å²) in [6.45, 7) is 4.29. The molecule has 3 aliphatic rings. The smallest absolute Gasteiger partial charge is 0.230 e. The Hall–Kier alpha value is -0.750. The van der Waals surface area contributed by atoms with Crippen LogP contribution in [0.4, 0.5) is 0 Å². The number of rotatable bonds is 5. The van der Waals surface area contributed by atoms with E-state index in [1.165, 1.54) is 5.75 Å². The van der Waals surface area contributed by atoms with Crippen molar-refractivity contribution in [2.45, 2.75) is 43.1 Å². The zero-order valence-corrected chi connectivity index (χ0v) is 17.4. The standard InChI is InChI=1S/C21H29ClN2O2S/c22-18-5-3-17(4-6-18)21(7-1-2-8-21)19(25)23-15-20(9-14-27-16-20)24-10-12-26-13-11-24/h3-6H,1-2,7-16H2,(H,23,25)/t20-/m0/s1. The molecule has 0 radical (unpaired) electrons. The average molecular weight is 409 g/mol. The van der Waals surface area contributed by atoms with Crippen molar-refractivity contribution in [3.63, 3.8) is 0 Å². The summed E-state index contributed by atoms with van der Waals surface area (Å²) in [7, 11) is 0. The van der Waals surface area contributed by atoms with E-state index < -0.39 is 0 Å². The highest BCUT2D eigenvalue weighted by molar-refractivity contribution is 7.99. The van der Waals surface area contributed by atoms with Crippen molar-refractivity contribution in [1.82, 2.24) is 10.2 Å². The van der Waals surface area contributed by atoms with E-state index in [0.717, 1.165) is 81.3 Å². The summed E-state index contributed by atoms with van der Waals surface area (Å²) in [5.74, 6) is 2.48. The number of halogens is 1. The number of nitrogens with zero attached hydrogens (tertiary/aromatic N) is 1. The first kappa shape index (κ1) is 19.6. The summed E-state index contributed by atoms with van der Waals surface area (Å²) in [6, 6.07) is 7.90. The number of nitrogens with one attached hydrogen (secondary N) is 1. The van der Waals surface area contributed by atoms with Gasteiger partial charge in [0.2, 0.25) is 5.91 Å². The lowest BCUT2D eigenvalue weighted by Gasteiger charge is -2.43. The first-order valence-electron chi connectivity index (χ1n) is 10.1. The fourth-order valence-corrected chi connectivity index (χ4v) is 6.55. The Labute approximate surface area is 171 Å². The molecular formula is C21H29ClN2O2S. The minimum Gasteiger partial charge on any atom is -0.379 e. The molecular weight excluding hydrogens is 380 g/mol.